The van der Waals surface area contributed by atoms with Crippen LogP contribution in [0, 0.1) is 5.92 Å². The number of benzene rings is 6. The van der Waals surface area contributed by atoms with Crippen molar-refractivity contribution in [2.24, 2.45) is 5.92 Å². The SMILES string of the molecule is CCCCc1ccc(C(=O)N(Cc2ccccc2)C2c3ccccc3CC2OP(=O)([O-])OCC(NC(=O)CNC(=O)CC)C(=O)NCCNC(=O)C(COP(=O)([O-])OC2Cc3ccccc3C2C(Cc2ccccc2)C(=O)c2ccc3c(c2)CCCC3)NC(=O)CNC(=O)CC)cc1. The number of fused-ring (bicyclic) bond motifs is 3. The normalized spacial score (nSPS) is 18.1. The van der Waals surface area contributed by atoms with Gasteiger partial charge in [0, 0.05) is 68.3 Å². The molecule has 9 atom stereocenters. The Bertz CT molecular complexity index is 3880. The molecule has 23 nitrogen and oxygen atoms in total. The Morgan fingerprint density at radius 2 is 1.03 bits per heavy atom. The number of rotatable bonds is 35. The summed E-state index contributed by atoms with van der Waals surface area (Å²) in [5, 5.41) is 14.5. The summed E-state index contributed by atoms with van der Waals surface area (Å²) in [6.45, 7) is 1.19. The highest BCUT2D eigenvalue weighted by molar-refractivity contribution is 7.46. The van der Waals surface area contributed by atoms with E-state index in [0.29, 0.717) is 22.3 Å². The number of hydrogen-bond acceptors (Lipinski definition) is 16. The molecular formula is C73H85N7O16P2-2. The van der Waals surface area contributed by atoms with E-state index in [1.54, 1.807) is 55.1 Å². The number of amides is 7. The van der Waals surface area contributed by atoms with Gasteiger partial charge in [-0.1, -0.05) is 161 Å². The fourth-order valence-electron chi connectivity index (χ4n) is 12.8. The molecule has 0 saturated carbocycles. The van der Waals surface area contributed by atoms with Gasteiger partial charge in [-0.05, 0) is 113 Å². The molecule has 0 bridgehead atoms. The van der Waals surface area contributed by atoms with Crippen molar-refractivity contribution >= 4 is 62.8 Å². The fourth-order valence-corrected chi connectivity index (χ4v) is 14.6. The molecule has 6 N–H and O–H groups in total. The van der Waals surface area contributed by atoms with Crippen LogP contribution >= 0.6 is 15.6 Å². The van der Waals surface area contributed by atoms with E-state index in [1.165, 1.54) is 5.56 Å². The Morgan fingerprint density at radius 1 is 0.531 bits per heavy atom. The van der Waals surface area contributed by atoms with E-state index in [-0.39, 0.29) is 50.3 Å². The average Bonchev–Trinajstić information content (AvgIpc) is 1.61. The molecule has 6 aromatic carbocycles. The van der Waals surface area contributed by atoms with Crippen LogP contribution < -0.4 is 41.7 Å². The predicted octanol–water partition coefficient (Wildman–Crippen LogP) is 6.92. The lowest BCUT2D eigenvalue weighted by molar-refractivity contribution is -0.232. The molecule has 7 amide bonds. The minimum Gasteiger partial charge on any atom is -0.756 e. The third-order valence-corrected chi connectivity index (χ3v) is 19.8. The van der Waals surface area contributed by atoms with Crippen molar-refractivity contribution < 1.29 is 75.4 Å². The van der Waals surface area contributed by atoms with Crippen LogP contribution in [0.15, 0.2) is 152 Å². The van der Waals surface area contributed by atoms with Gasteiger partial charge in [0.15, 0.2) is 5.78 Å². The van der Waals surface area contributed by atoms with Crippen molar-refractivity contribution in [2.75, 3.05) is 39.4 Å². The molecule has 520 valence electrons. The number of phosphoric ester groups is 2. The minimum absolute atomic E-state index is 0.0242. The van der Waals surface area contributed by atoms with E-state index in [4.69, 9.17) is 18.1 Å². The highest BCUT2D eigenvalue weighted by atomic mass is 31.2. The summed E-state index contributed by atoms with van der Waals surface area (Å²) in [6, 6.07) is 41.6. The van der Waals surface area contributed by atoms with Crippen molar-refractivity contribution in [2.45, 2.75) is 141 Å². The number of carbonyl (C=O) groups is 8. The Balaban J connectivity index is 0.873. The molecule has 25 heteroatoms. The first-order valence-corrected chi connectivity index (χ1v) is 36.4. The van der Waals surface area contributed by atoms with Crippen LogP contribution in [0.4, 0.5) is 0 Å². The standard InChI is InChI=1S/C73H87N7O16P2/c1-4-7-20-48-31-33-52(34-32-48)73(88)80(45-50-23-12-9-13-24-50)69-58-30-19-17-28-55(58)42-63(69)96-98(91,92)94-47-61(79-67(84)44-77-65(82)6-3)72(87)75-38-37-74-71(86)60(78-66(83)43-76-64(81)5-2)46-93-97(89,90)95-62-41-54-27-16-18-29-57(54)68(62)59(39-49-21-10-8-11-22-49)70(85)56-36-35-51-25-14-15-26-53(51)40-56/h8-13,16-19,21-24,27-36,40,59-63,68-69H,4-7,14-15,20,25-26,37-39,41-47H2,1-3H3,(H,74,86)(H,75,87)(H,76,81)(H,77,82)(H,78,83)(H,79,84)(H,89,90)(H,91,92)/p-2. The van der Waals surface area contributed by atoms with Crippen LogP contribution in [-0.2, 0) is 101 Å². The lowest BCUT2D eigenvalue weighted by Crippen LogP contribution is -2.54. The number of hydrogen-bond donors (Lipinski definition) is 6. The van der Waals surface area contributed by atoms with Gasteiger partial charge in [-0.2, -0.15) is 0 Å². The van der Waals surface area contributed by atoms with E-state index in [0.717, 1.165) is 78.3 Å². The number of phosphoric acid groups is 2. The number of unbranched alkanes of at least 4 members (excludes halogenated alkanes) is 1. The van der Waals surface area contributed by atoms with E-state index in [1.807, 2.05) is 115 Å². The van der Waals surface area contributed by atoms with E-state index in [2.05, 4.69) is 38.8 Å². The molecule has 0 spiro atoms. The molecule has 0 aliphatic heterocycles. The van der Waals surface area contributed by atoms with Crippen LogP contribution in [0.5, 0.6) is 0 Å². The number of aryl methyl sites for hydroxylation is 3. The Kier molecular flexibility index (Phi) is 26.6. The van der Waals surface area contributed by atoms with Gasteiger partial charge in [0.25, 0.3) is 21.6 Å². The summed E-state index contributed by atoms with van der Waals surface area (Å²) in [4.78, 5) is 138. The zero-order chi connectivity index (χ0) is 69.8. The molecule has 9 unspecified atom stereocenters. The number of ketones is 1. The summed E-state index contributed by atoms with van der Waals surface area (Å²) in [7, 11) is -10.9. The molecule has 0 radical (unpaired) electrons. The largest absolute Gasteiger partial charge is 0.756 e. The molecule has 6 aromatic rings. The maximum absolute atomic E-state index is 15.0. The van der Waals surface area contributed by atoms with Gasteiger partial charge in [-0.3, -0.25) is 47.5 Å². The molecule has 3 aliphatic carbocycles. The van der Waals surface area contributed by atoms with Gasteiger partial charge >= 0.3 is 0 Å². The first kappa shape index (κ1) is 73.7. The van der Waals surface area contributed by atoms with E-state index < -0.39 is 133 Å². The molecule has 0 fully saturated rings. The van der Waals surface area contributed by atoms with Gasteiger partial charge < -0.3 is 64.7 Å². The Morgan fingerprint density at radius 3 is 1.60 bits per heavy atom. The van der Waals surface area contributed by atoms with Crippen molar-refractivity contribution in [3.05, 3.63) is 213 Å². The highest BCUT2D eigenvalue weighted by Gasteiger charge is 2.45. The third kappa shape index (κ3) is 20.5. The lowest BCUT2D eigenvalue weighted by Gasteiger charge is -2.36. The van der Waals surface area contributed by atoms with E-state index in [9.17, 15) is 57.3 Å². The Hall–Kier alpha value is -8.50. The molecule has 3 aliphatic rings. The molecular weight excluding hydrogens is 1290 g/mol. The number of carbonyl (C=O) groups excluding carboxylic acids is 8. The topological polar surface area (TPSA) is 329 Å². The summed E-state index contributed by atoms with van der Waals surface area (Å²) in [6.07, 6.45) is 4.65. The van der Waals surface area contributed by atoms with Gasteiger partial charge in [0.1, 0.15) is 12.1 Å². The quantitative estimate of drug-likeness (QED) is 0.0133. The second kappa shape index (κ2) is 35.3. The maximum atomic E-state index is 15.0. The van der Waals surface area contributed by atoms with Crippen LogP contribution in [0.25, 0.3) is 0 Å². The second-order valence-corrected chi connectivity index (χ2v) is 27.4. The van der Waals surface area contributed by atoms with Crippen molar-refractivity contribution in [3.8, 4) is 0 Å². The van der Waals surface area contributed by atoms with Crippen LogP contribution in [0.2, 0.25) is 0 Å². The summed E-state index contributed by atoms with van der Waals surface area (Å²) >= 11 is 0. The predicted molar refractivity (Wildman–Crippen MR) is 362 cm³/mol. The van der Waals surface area contributed by atoms with Gasteiger partial charge in [0.05, 0.1) is 44.6 Å². The van der Waals surface area contributed by atoms with Crippen LogP contribution in [0.3, 0.4) is 0 Å². The summed E-state index contributed by atoms with van der Waals surface area (Å²) in [5.74, 6) is -7.00. The minimum atomic E-state index is -5.46. The van der Waals surface area contributed by atoms with E-state index >= 15 is 0 Å². The third-order valence-electron chi connectivity index (χ3n) is 17.8. The van der Waals surface area contributed by atoms with Crippen LogP contribution in [0.1, 0.15) is 142 Å². The van der Waals surface area contributed by atoms with Crippen molar-refractivity contribution in [3.63, 3.8) is 0 Å². The second-order valence-electron chi connectivity index (χ2n) is 24.7. The van der Waals surface area contributed by atoms with Crippen molar-refractivity contribution in [1.29, 1.82) is 0 Å². The van der Waals surface area contributed by atoms with Crippen LogP contribution in [-0.4, -0.2) is 116 Å². The molecule has 0 aromatic heterocycles. The number of Topliss-reactive ketones (excluding diaryl/α,β-unsaturated/α-hetero) is 1. The average molecular weight is 1380 g/mol. The van der Waals surface area contributed by atoms with Crippen molar-refractivity contribution in [1.82, 2.24) is 36.8 Å². The smallest absolute Gasteiger partial charge is 0.268 e. The summed E-state index contributed by atoms with van der Waals surface area (Å²) < 4.78 is 51.0. The first-order valence-electron chi connectivity index (χ1n) is 33.5. The number of nitrogens with zero attached hydrogens (tertiary/aromatic N) is 1. The Labute approximate surface area is 571 Å². The maximum Gasteiger partial charge on any atom is 0.268 e. The molecule has 98 heavy (non-hydrogen) atoms. The zero-order valence-corrected chi connectivity index (χ0v) is 57.1. The molecule has 0 saturated heterocycles. The highest BCUT2D eigenvalue weighted by Crippen LogP contribution is 2.51. The molecule has 9 rings (SSSR count). The molecule has 0 heterocycles. The van der Waals surface area contributed by atoms with Gasteiger partial charge in [0.2, 0.25) is 35.4 Å². The summed E-state index contributed by atoms with van der Waals surface area (Å²) in [5.41, 5.74) is 8.70. The monoisotopic (exact) mass is 1380 g/mol. The lowest BCUT2D eigenvalue weighted by atomic mass is 9.77. The zero-order valence-electron chi connectivity index (χ0n) is 55.3. The fraction of sp³-hybridized carbons (Fsp3) is 0.397. The van der Waals surface area contributed by atoms with Gasteiger partial charge in [-0.25, -0.2) is 0 Å². The number of nitrogens with one attached hydrogen (secondary N) is 6. The first-order chi connectivity index (χ1) is 47.2. The van der Waals surface area contributed by atoms with Gasteiger partial charge in [-0.15, -0.1) is 0 Å².